The molecule has 114 valence electrons. The Labute approximate surface area is 129 Å². The number of carbonyl (C=O) groups excluding carboxylic acids is 1. The van der Waals surface area contributed by atoms with Gasteiger partial charge in [0.2, 0.25) is 6.10 Å². The minimum Gasteiger partial charge on any atom is -0.476 e. The van der Waals surface area contributed by atoms with Crippen LogP contribution in [-0.2, 0) is 16.1 Å². The zero-order chi connectivity index (χ0) is 15.5. The Morgan fingerprint density at radius 1 is 1.23 bits per heavy atom. The highest BCUT2D eigenvalue weighted by Gasteiger charge is 2.34. The summed E-state index contributed by atoms with van der Waals surface area (Å²) in [5.41, 5.74) is 8.20. The van der Waals surface area contributed by atoms with Crippen LogP contribution in [0.15, 0.2) is 48.5 Å². The summed E-state index contributed by atoms with van der Waals surface area (Å²) in [7, 11) is 1.55. The monoisotopic (exact) mass is 298 g/mol. The van der Waals surface area contributed by atoms with Gasteiger partial charge in [0.05, 0.1) is 18.8 Å². The number of amides is 1. The van der Waals surface area contributed by atoms with E-state index in [0.29, 0.717) is 18.0 Å². The number of hydrogen-bond donors (Lipinski definition) is 1. The molecule has 0 saturated carbocycles. The number of nitrogens with zero attached hydrogens (tertiary/aromatic N) is 1. The molecule has 5 heteroatoms. The van der Waals surface area contributed by atoms with Crippen molar-refractivity contribution in [1.82, 2.24) is 0 Å². The molecule has 22 heavy (non-hydrogen) atoms. The lowest BCUT2D eigenvalue weighted by Crippen LogP contribution is -2.47. The van der Waals surface area contributed by atoms with Crippen LogP contribution in [0.1, 0.15) is 5.56 Å². The fraction of sp³-hybridized carbons (Fsp3) is 0.235. The summed E-state index contributed by atoms with van der Waals surface area (Å²) in [5.74, 6) is 0.501. The van der Waals surface area contributed by atoms with Crippen molar-refractivity contribution in [3.8, 4) is 5.75 Å². The predicted molar refractivity (Wildman–Crippen MR) is 84.8 cm³/mol. The predicted octanol–water partition coefficient (Wildman–Crippen LogP) is 2.21. The van der Waals surface area contributed by atoms with Crippen molar-refractivity contribution in [2.75, 3.05) is 24.4 Å². The van der Waals surface area contributed by atoms with Crippen molar-refractivity contribution in [2.45, 2.75) is 12.6 Å². The van der Waals surface area contributed by atoms with Crippen LogP contribution in [0, 0.1) is 0 Å². The molecule has 0 saturated heterocycles. The fourth-order valence-corrected chi connectivity index (χ4v) is 2.53. The molecule has 1 aliphatic rings. The first-order valence-corrected chi connectivity index (χ1v) is 7.09. The van der Waals surface area contributed by atoms with Gasteiger partial charge in [-0.2, -0.15) is 0 Å². The normalized spacial score (nSPS) is 17.0. The van der Waals surface area contributed by atoms with Crippen LogP contribution in [0.25, 0.3) is 0 Å². The van der Waals surface area contributed by atoms with E-state index < -0.39 is 6.10 Å². The lowest BCUT2D eigenvalue weighted by molar-refractivity contribution is -0.128. The molecule has 0 aromatic heterocycles. The molecule has 1 atom stereocenters. The number of nitrogen functional groups attached to an aromatic ring is 1. The average molecular weight is 298 g/mol. The van der Waals surface area contributed by atoms with E-state index >= 15 is 0 Å². The lowest BCUT2D eigenvalue weighted by Gasteiger charge is -2.34. The molecule has 1 heterocycles. The number of nitrogens with two attached hydrogens (primary N) is 1. The second-order valence-electron chi connectivity index (χ2n) is 5.20. The molecule has 0 bridgehead atoms. The van der Waals surface area contributed by atoms with Gasteiger partial charge < -0.3 is 20.1 Å². The SMILES string of the molecule is COCC1Oc2cc(N)ccc2N(Cc2ccccc2)C1=O. The number of rotatable bonds is 4. The summed E-state index contributed by atoms with van der Waals surface area (Å²) in [6.07, 6.45) is -0.650. The maximum Gasteiger partial charge on any atom is 0.270 e. The molecule has 2 aromatic rings. The molecule has 0 spiro atoms. The van der Waals surface area contributed by atoms with E-state index in [-0.39, 0.29) is 12.5 Å². The molecular formula is C17H18N2O3. The van der Waals surface area contributed by atoms with Crippen LogP contribution in [0.5, 0.6) is 5.75 Å². The highest BCUT2D eigenvalue weighted by atomic mass is 16.5. The van der Waals surface area contributed by atoms with Crippen LogP contribution >= 0.6 is 0 Å². The maximum atomic E-state index is 12.7. The van der Waals surface area contributed by atoms with Gasteiger partial charge in [0.15, 0.2) is 0 Å². The zero-order valence-electron chi connectivity index (χ0n) is 12.4. The van der Waals surface area contributed by atoms with Gasteiger partial charge in [0.1, 0.15) is 5.75 Å². The van der Waals surface area contributed by atoms with Crippen molar-refractivity contribution in [3.63, 3.8) is 0 Å². The standard InChI is InChI=1S/C17H18N2O3/c1-21-11-16-17(20)19(10-12-5-3-2-4-6-12)14-8-7-13(18)9-15(14)22-16/h2-9,16H,10-11,18H2,1H3. The fourth-order valence-electron chi connectivity index (χ4n) is 2.53. The van der Waals surface area contributed by atoms with Crippen LogP contribution in [0.2, 0.25) is 0 Å². The third kappa shape index (κ3) is 2.76. The Bertz CT molecular complexity index is 673. The Morgan fingerprint density at radius 3 is 2.73 bits per heavy atom. The molecule has 1 unspecified atom stereocenters. The highest BCUT2D eigenvalue weighted by Crippen LogP contribution is 2.36. The number of fused-ring (bicyclic) bond motifs is 1. The third-order valence-electron chi connectivity index (χ3n) is 3.59. The van der Waals surface area contributed by atoms with E-state index in [1.165, 1.54) is 0 Å². The minimum absolute atomic E-state index is 0.108. The maximum absolute atomic E-state index is 12.7. The van der Waals surface area contributed by atoms with E-state index in [2.05, 4.69) is 0 Å². The van der Waals surface area contributed by atoms with Crippen LogP contribution in [0.3, 0.4) is 0 Å². The van der Waals surface area contributed by atoms with Gasteiger partial charge in [0, 0.05) is 18.9 Å². The number of hydrogen-bond acceptors (Lipinski definition) is 4. The number of benzene rings is 2. The first kappa shape index (κ1) is 14.4. The number of ether oxygens (including phenoxy) is 2. The minimum atomic E-state index is -0.650. The van der Waals surface area contributed by atoms with Crippen LogP contribution in [0.4, 0.5) is 11.4 Å². The van der Waals surface area contributed by atoms with Gasteiger partial charge in [0.25, 0.3) is 5.91 Å². The molecule has 2 aromatic carbocycles. The third-order valence-corrected chi connectivity index (χ3v) is 3.59. The summed E-state index contributed by atoms with van der Waals surface area (Å²) in [5, 5.41) is 0. The molecule has 0 radical (unpaired) electrons. The molecule has 1 amide bonds. The molecule has 0 fully saturated rings. The van der Waals surface area contributed by atoms with Crippen LogP contribution < -0.4 is 15.4 Å². The summed E-state index contributed by atoms with van der Waals surface area (Å²) < 4.78 is 10.8. The Kier molecular flexibility index (Phi) is 3.98. The number of methoxy groups -OCH3 is 1. The van der Waals surface area contributed by atoms with Crippen molar-refractivity contribution in [1.29, 1.82) is 0 Å². The quantitative estimate of drug-likeness (QED) is 0.879. The van der Waals surface area contributed by atoms with Crippen molar-refractivity contribution >= 4 is 17.3 Å². The Hall–Kier alpha value is -2.53. The van der Waals surface area contributed by atoms with E-state index in [1.54, 1.807) is 24.1 Å². The van der Waals surface area contributed by atoms with Gasteiger partial charge >= 0.3 is 0 Å². The summed E-state index contributed by atoms with van der Waals surface area (Å²) in [4.78, 5) is 14.4. The van der Waals surface area contributed by atoms with E-state index in [0.717, 1.165) is 11.3 Å². The number of anilines is 2. The van der Waals surface area contributed by atoms with E-state index in [1.807, 2.05) is 36.4 Å². The van der Waals surface area contributed by atoms with E-state index in [9.17, 15) is 4.79 Å². The van der Waals surface area contributed by atoms with Gasteiger partial charge in [-0.3, -0.25) is 4.79 Å². The van der Waals surface area contributed by atoms with Crippen molar-refractivity contribution in [3.05, 3.63) is 54.1 Å². The second kappa shape index (κ2) is 6.07. The summed E-state index contributed by atoms with van der Waals surface area (Å²) in [6.45, 7) is 0.693. The number of carbonyl (C=O) groups is 1. The van der Waals surface area contributed by atoms with E-state index in [4.69, 9.17) is 15.2 Å². The van der Waals surface area contributed by atoms with Gasteiger partial charge in [-0.15, -0.1) is 0 Å². The largest absolute Gasteiger partial charge is 0.476 e. The summed E-state index contributed by atoms with van der Waals surface area (Å²) in [6, 6.07) is 15.2. The molecule has 2 N–H and O–H groups in total. The van der Waals surface area contributed by atoms with Crippen molar-refractivity contribution in [2.24, 2.45) is 0 Å². The first-order valence-electron chi connectivity index (χ1n) is 7.09. The Balaban J connectivity index is 1.97. The molecule has 5 nitrogen and oxygen atoms in total. The molecule has 1 aliphatic heterocycles. The average Bonchev–Trinajstić information content (AvgIpc) is 2.52. The Morgan fingerprint density at radius 2 is 2.00 bits per heavy atom. The van der Waals surface area contributed by atoms with Gasteiger partial charge in [-0.05, 0) is 17.7 Å². The highest BCUT2D eigenvalue weighted by molar-refractivity contribution is 6.00. The lowest BCUT2D eigenvalue weighted by atomic mass is 10.1. The molecule has 0 aliphatic carbocycles. The topological polar surface area (TPSA) is 64.8 Å². The second-order valence-corrected chi connectivity index (χ2v) is 5.20. The summed E-state index contributed by atoms with van der Waals surface area (Å²) >= 11 is 0. The van der Waals surface area contributed by atoms with Gasteiger partial charge in [-0.1, -0.05) is 30.3 Å². The zero-order valence-corrected chi connectivity index (χ0v) is 12.4. The molecular weight excluding hydrogens is 280 g/mol. The first-order chi connectivity index (χ1) is 10.7. The molecule has 3 rings (SSSR count). The van der Waals surface area contributed by atoms with Crippen molar-refractivity contribution < 1.29 is 14.3 Å². The smallest absolute Gasteiger partial charge is 0.270 e. The van der Waals surface area contributed by atoms with Crippen LogP contribution in [-0.4, -0.2) is 25.7 Å². The van der Waals surface area contributed by atoms with Gasteiger partial charge in [-0.25, -0.2) is 0 Å².